The fourth-order valence-electron chi connectivity index (χ4n) is 1.31. The van der Waals surface area contributed by atoms with Crippen molar-refractivity contribution >= 4 is 5.78 Å². The number of nitrogens with zero attached hydrogens (tertiary/aromatic N) is 2. The minimum atomic E-state index is 0.00839. The molecule has 4 heteroatoms. The smallest absolute Gasteiger partial charge is 0.177 e. The maximum atomic E-state index is 11.2. The van der Waals surface area contributed by atoms with Gasteiger partial charge in [-0.05, 0) is 18.2 Å². The normalized spacial score (nSPS) is 10.4. The minimum absolute atomic E-state index is 0.00839. The lowest BCUT2D eigenvalue weighted by molar-refractivity contribution is 0.100. The summed E-state index contributed by atoms with van der Waals surface area (Å²) in [5.41, 5.74) is 0.599. The molecule has 0 aliphatic rings. The second-order valence-corrected chi connectivity index (χ2v) is 3.01. The highest BCUT2D eigenvalue weighted by Crippen LogP contribution is 2.06. The molecular weight excluding hydrogens is 180 g/mol. The molecule has 0 radical (unpaired) electrons. The molecule has 0 aliphatic heterocycles. The fraction of sp³-hybridized carbons (Fsp3) is 0.200. The van der Waals surface area contributed by atoms with Crippen LogP contribution in [-0.2, 0) is 6.54 Å². The van der Waals surface area contributed by atoms with Gasteiger partial charge in [0, 0.05) is 13.1 Å². The van der Waals surface area contributed by atoms with Crippen molar-refractivity contribution in [3.63, 3.8) is 0 Å². The Morgan fingerprint density at radius 1 is 1.57 bits per heavy atom. The SMILES string of the molecule is CC(=O)c1ccnn1Cc1ccco1. The van der Waals surface area contributed by atoms with E-state index in [9.17, 15) is 4.79 Å². The molecule has 2 rings (SSSR count). The minimum Gasteiger partial charge on any atom is -0.467 e. The molecule has 0 aliphatic carbocycles. The summed E-state index contributed by atoms with van der Waals surface area (Å²) in [6.07, 6.45) is 3.21. The third-order valence-corrected chi connectivity index (χ3v) is 1.96. The Kier molecular flexibility index (Phi) is 2.18. The first kappa shape index (κ1) is 8.74. The summed E-state index contributed by atoms with van der Waals surface area (Å²) in [6, 6.07) is 5.36. The predicted octanol–water partition coefficient (Wildman–Crippen LogP) is 1.73. The molecule has 2 aromatic heterocycles. The molecule has 0 saturated carbocycles. The Balaban J connectivity index is 2.25. The average Bonchev–Trinajstić information content (AvgIpc) is 2.75. The quantitative estimate of drug-likeness (QED) is 0.692. The lowest BCUT2D eigenvalue weighted by atomic mass is 10.3. The van der Waals surface area contributed by atoms with Gasteiger partial charge in [0.1, 0.15) is 11.5 Å². The molecule has 0 N–H and O–H groups in total. The summed E-state index contributed by atoms with van der Waals surface area (Å²) >= 11 is 0. The number of hydrogen-bond acceptors (Lipinski definition) is 3. The molecule has 2 aromatic rings. The molecule has 0 saturated heterocycles. The Hall–Kier alpha value is -1.84. The van der Waals surface area contributed by atoms with Crippen molar-refractivity contribution in [3.8, 4) is 0 Å². The van der Waals surface area contributed by atoms with Crippen LogP contribution in [0.3, 0.4) is 0 Å². The molecule has 0 spiro atoms. The molecule has 72 valence electrons. The number of hydrogen-bond donors (Lipinski definition) is 0. The highest BCUT2D eigenvalue weighted by atomic mass is 16.3. The Bertz CT molecular complexity index is 429. The van der Waals surface area contributed by atoms with Crippen LogP contribution in [-0.4, -0.2) is 15.6 Å². The van der Waals surface area contributed by atoms with Crippen LogP contribution in [0.25, 0.3) is 0 Å². The molecule has 4 nitrogen and oxygen atoms in total. The van der Waals surface area contributed by atoms with Crippen molar-refractivity contribution in [2.45, 2.75) is 13.5 Å². The van der Waals surface area contributed by atoms with Crippen molar-refractivity contribution in [2.75, 3.05) is 0 Å². The lowest BCUT2D eigenvalue weighted by Crippen LogP contribution is -2.08. The van der Waals surface area contributed by atoms with Crippen LogP contribution in [0, 0.1) is 0 Å². The van der Waals surface area contributed by atoms with Gasteiger partial charge in [-0.3, -0.25) is 9.48 Å². The number of aromatic nitrogens is 2. The van der Waals surface area contributed by atoms with Crippen molar-refractivity contribution in [3.05, 3.63) is 42.1 Å². The van der Waals surface area contributed by atoms with Gasteiger partial charge in [-0.25, -0.2) is 0 Å². The standard InChI is InChI=1S/C10H10N2O2/c1-8(13)10-4-5-11-12(10)7-9-3-2-6-14-9/h2-6H,7H2,1H3. The topological polar surface area (TPSA) is 48.0 Å². The number of rotatable bonds is 3. The van der Waals surface area contributed by atoms with Crippen LogP contribution >= 0.6 is 0 Å². The van der Waals surface area contributed by atoms with E-state index in [1.807, 2.05) is 12.1 Å². The first-order valence-corrected chi connectivity index (χ1v) is 4.32. The molecule has 14 heavy (non-hydrogen) atoms. The van der Waals surface area contributed by atoms with E-state index in [1.165, 1.54) is 6.92 Å². The van der Waals surface area contributed by atoms with Crippen LogP contribution in [0.15, 0.2) is 35.1 Å². The Morgan fingerprint density at radius 3 is 3.07 bits per heavy atom. The highest BCUT2D eigenvalue weighted by molar-refractivity contribution is 5.92. The number of carbonyl (C=O) groups is 1. The first-order chi connectivity index (χ1) is 6.77. The number of furan rings is 1. The summed E-state index contributed by atoms with van der Waals surface area (Å²) in [4.78, 5) is 11.2. The molecule has 0 amide bonds. The van der Waals surface area contributed by atoms with Gasteiger partial charge in [0.05, 0.1) is 12.8 Å². The number of ketones is 1. The maximum absolute atomic E-state index is 11.2. The van der Waals surface area contributed by atoms with Gasteiger partial charge < -0.3 is 4.42 Å². The molecule has 0 aromatic carbocycles. The zero-order valence-electron chi connectivity index (χ0n) is 7.80. The molecular formula is C10H10N2O2. The van der Waals surface area contributed by atoms with Gasteiger partial charge >= 0.3 is 0 Å². The molecule has 2 heterocycles. The van der Waals surface area contributed by atoms with Gasteiger partial charge in [-0.2, -0.15) is 5.10 Å². The van der Waals surface area contributed by atoms with Gasteiger partial charge in [0.2, 0.25) is 0 Å². The second-order valence-electron chi connectivity index (χ2n) is 3.01. The van der Waals surface area contributed by atoms with Crippen LogP contribution in [0.1, 0.15) is 23.2 Å². The van der Waals surface area contributed by atoms with Crippen molar-refractivity contribution in [1.29, 1.82) is 0 Å². The zero-order valence-corrected chi connectivity index (χ0v) is 7.80. The van der Waals surface area contributed by atoms with E-state index in [1.54, 1.807) is 23.2 Å². The molecule has 0 bridgehead atoms. The maximum Gasteiger partial charge on any atom is 0.177 e. The first-order valence-electron chi connectivity index (χ1n) is 4.32. The van der Waals surface area contributed by atoms with Crippen LogP contribution in [0.5, 0.6) is 0 Å². The largest absolute Gasteiger partial charge is 0.467 e. The molecule has 0 fully saturated rings. The molecule has 0 atom stereocenters. The average molecular weight is 190 g/mol. The van der Waals surface area contributed by atoms with Gasteiger partial charge in [0.25, 0.3) is 0 Å². The lowest BCUT2D eigenvalue weighted by Gasteiger charge is -2.01. The fourth-order valence-corrected chi connectivity index (χ4v) is 1.31. The van der Waals surface area contributed by atoms with E-state index in [0.717, 1.165) is 5.76 Å². The van der Waals surface area contributed by atoms with Crippen LogP contribution in [0.2, 0.25) is 0 Å². The summed E-state index contributed by atoms with van der Waals surface area (Å²) in [5, 5.41) is 4.05. The van der Waals surface area contributed by atoms with Crippen molar-refractivity contribution < 1.29 is 9.21 Å². The van der Waals surface area contributed by atoms with E-state index in [0.29, 0.717) is 12.2 Å². The number of Topliss-reactive ketones (excluding diaryl/α,β-unsaturated/α-hetero) is 1. The monoisotopic (exact) mass is 190 g/mol. The summed E-state index contributed by atoms with van der Waals surface area (Å²) in [5.74, 6) is 0.797. The van der Waals surface area contributed by atoms with Crippen molar-refractivity contribution in [1.82, 2.24) is 9.78 Å². The van der Waals surface area contributed by atoms with Crippen molar-refractivity contribution in [2.24, 2.45) is 0 Å². The van der Waals surface area contributed by atoms with Crippen LogP contribution in [0.4, 0.5) is 0 Å². The third-order valence-electron chi connectivity index (χ3n) is 1.96. The summed E-state index contributed by atoms with van der Waals surface area (Å²) in [7, 11) is 0. The van der Waals surface area contributed by atoms with Gasteiger partial charge in [-0.1, -0.05) is 0 Å². The highest BCUT2D eigenvalue weighted by Gasteiger charge is 2.08. The van der Waals surface area contributed by atoms with Gasteiger partial charge in [0.15, 0.2) is 5.78 Å². The Labute approximate surface area is 81.1 Å². The van der Waals surface area contributed by atoms with E-state index in [2.05, 4.69) is 5.10 Å². The number of carbonyl (C=O) groups excluding carboxylic acids is 1. The second kappa shape index (κ2) is 3.49. The van der Waals surface area contributed by atoms with Crippen LogP contribution < -0.4 is 0 Å². The summed E-state index contributed by atoms with van der Waals surface area (Å²) < 4.78 is 6.80. The molecule has 0 unspecified atom stereocenters. The third kappa shape index (κ3) is 1.59. The van der Waals surface area contributed by atoms with E-state index < -0.39 is 0 Å². The predicted molar refractivity (Wildman–Crippen MR) is 50.0 cm³/mol. The summed E-state index contributed by atoms with van der Waals surface area (Å²) in [6.45, 7) is 2.02. The zero-order chi connectivity index (χ0) is 9.97. The van der Waals surface area contributed by atoms with E-state index >= 15 is 0 Å². The van der Waals surface area contributed by atoms with E-state index in [4.69, 9.17) is 4.42 Å². The van der Waals surface area contributed by atoms with E-state index in [-0.39, 0.29) is 5.78 Å². The van der Waals surface area contributed by atoms with Gasteiger partial charge in [-0.15, -0.1) is 0 Å². The Morgan fingerprint density at radius 2 is 2.43 bits per heavy atom.